The smallest absolute Gasteiger partial charge is 0.328 e. The van der Waals surface area contributed by atoms with Gasteiger partial charge in [0.05, 0.1) is 18.9 Å². The molecule has 0 aromatic heterocycles. The van der Waals surface area contributed by atoms with Crippen LogP contribution in [0, 0.1) is 0 Å². The van der Waals surface area contributed by atoms with Crippen molar-refractivity contribution >= 4 is 29.3 Å². The summed E-state index contributed by atoms with van der Waals surface area (Å²) < 4.78 is 5.43. The predicted molar refractivity (Wildman–Crippen MR) is 110 cm³/mol. The van der Waals surface area contributed by atoms with Gasteiger partial charge in [-0.05, 0) is 24.3 Å². The summed E-state index contributed by atoms with van der Waals surface area (Å²) in [4.78, 5) is 26.1. The lowest BCUT2D eigenvalue weighted by atomic mass is 10.3. The van der Waals surface area contributed by atoms with E-state index in [2.05, 4.69) is 10.2 Å². The Bertz CT molecular complexity index is 816. The van der Waals surface area contributed by atoms with Crippen molar-refractivity contribution in [3.05, 3.63) is 72.8 Å². The zero-order valence-electron chi connectivity index (χ0n) is 15.8. The van der Waals surface area contributed by atoms with Gasteiger partial charge in [0.25, 0.3) is 0 Å². The molecule has 1 saturated heterocycles. The minimum Gasteiger partial charge on any atom is -0.478 e. The van der Waals surface area contributed by atoms with E-state index < -0.39 is 11.9 Å². The third kappa shape index (κ3) is 8.72. The van der Waals surface area contributed by atoms with Crippen molar-refractivity contribution in [3.8, 4) is 0 Å². The Morgan fingerprint density at radius 3 is 1.93 bits per heavy atom. The molecule has 1 aliphatic rings. The first-order chi connectivity index (χ1) is 14.0. The standard InChI is InChI=1S/C17H19N3O.C4H4O4/c1-3-7-15(8-4-1)18-17(20-11-13-21-14-12-20)19-16-9-5-2-6-10-16;5-3(6)1-2-4(7)8/h1-10H,11-14H2,(H,18,19);1-2H,(H,5,6)(H,7,8)/b;2-1-. The lowest BCUT2D eigenvalue weighted by Gasteiger charge is -2.30. The Hall–Kier alpha value is -3.65. The van der Waals surface area contributed by atoms with E-state index in [0.29, 0.717) is 12.2 Å². The van der Waals surface area contributed by atoms with Crippen LogP contribution in [0.15, 0.2) is 77.8 Å². The first kappa shape index (κ1) is 21.6. The van der Waals surface area contributed by atoms with Crippen LogP contribution in [-0.4, -0.2) is 59.3 Å². The molecule has 0 aliphatic carbocycles. The minimum absolute atomic E-state index is 0.558. The van der Waals surface area contributed by atoms with E-state index in [1.165, 1.54) is 0 Å². The Kier molecular flexibility index (Phi) is 8.91. The normalized spacial score (nSPS) is 14.1. The molecule has 0 atom stereocenters. The van der Waals surface area contributed by atoms with Gasteiger partial charge in [0.1, 0.15) is 0 Å². The molecule has 3 rings (SSSR count). The average molecular weight is 397 g/mol. The monoisotopic (exact) mass is 397 g/mol. The van der Waals surface area contributed by atoms with E-state index in [9.17, 15) is 9.59 Å². The van der Waals surface area contributed by atoms with Crippen LogP contribution in [0.2, 0.25) is 0 Å². The first-order valence-corrected chi connectivity index (χ1v) is 8.97. The van der Waals surface area contributed by atoms with Gasteiger partial charge in [-0.3, -0.25) is 0 Å². The maximum atomic E-state index is 9.55. The third-order valence-corrected chi connectivity index (χ3v) is 3.70. The summed E-state index contributed by atoms with van der Waals surface area (Å²) in [7, 11) is 0. The van der Waals surface area contributed by atoms with Crippen LogP contribution in [0.4, 0.5) is 11.4 Å². The number of nitrogens with zero attached hydrogens (tertiary/aromatic N) is 2. The summed E-state index contributed by atoms with van der Waals surface area (Å²) in [5.74, 6) is -1.64. The summed E-state index contributed by atoms with van der Waals surface area (Å²) in [5, 5.41) is 19.0. The number of guanidine groups is 1. The van der Waals surface area contributed by atoms with Gasteiger partial charge in [0.2, 0.25) is 5.96 Å². The molecule has 2 aromatic rings. The molecule has 0 bridgehead atoms. The number of benzene rings is 2. The number of hydrogen-bond acceptors (Lipinski definition) is 4. The Labute approximate surface area is 168 Å². The zero-order valence-corrected chi connectivity index (χ0v) is 15.8. The lowest BCUT2D eigenvalue weighted by molar-refractivity contribution is -0.134. The quantitative estimate of drug-likeness (QED) is 0.413. The number of rotatable bonds is 4. The zero-order chi connectivity index (χ0) is 20.9. The molecule has 8 nitrogen and oxygen atoms in total. The van der Waals surface area contributed by atoms with E-state index in [0.717, 1.165) is 43.6 Å². The largest absolute Gasteiger partial charge is 0.478 e. The maximum absolute atomic E-state index is 9.55. The fraction of sp³-hybridized carbons (Fsp3) is 0.190. The average Bonchev–Trinajstić information content (AvgIpc) is 2.74. The molecule has 2 aromatic carbocycles. The number of carboxylic acids is 2. The highest BCUT2D eigenvalue weighted by atomic mass is 16.5. The van der Waals surface area contributed by atoms with Crippen molar-refractivity contribution in [1.29, 1.82) is 0 Å². The number of aliphatic carboxylic acids is 2. The fourth-order valence-corrected chi connectivity index (χ4v) is 2.37. The predicted octanol–water partition coefficient (Wildman–Crippen LogP) is 2.83. The number of carboxylic acid groups (broad SMARTS) is 2. The molecular formula is C21H23N3O5. The SMILES string of the molecule is O=C(O)/C=C\C(=O)O.c1ccc(/N=C(/Nc2ccccc2)N2CCOCC2)cc1. The van der Waals surface area contributed by atoms with Gasteiger partial charge in [0, 0.05) is 30.9 Å². The Morgan fingerprint density at radius 2 is 1.41 bits per heavy atom. The van der Waals surface area contributed by atoms with E-state index in [1.54, 1.807) is 0 Å². The highest BCUT2D eigenvalue weighted by Crippen LogP contribution is 2.14. The topological polar surface area (TPSA) is 111 Å². The highest BCUT2D eigenvalue weighted by Gasteiger charge is 2.15. The summed E-state index contributed by atoms with van der Waals surface area (Å²) in [5.41, 5.74) is 1.99. The van der Waals surface area contributed by atoms with Crippen molar-refractivity contribution in [1.82, 2.24) is 4.90 Å². The molecule has 0 spiro atoms. The molecular weight excluding hydrogens is 374 g/mol. The summed E-state index contributed by atoms with van der Waals surface area (Å²) in [6.45, 7) is 3.19. The van der Waals surface area contributed by atoms with Crippen molar-refractivity contribution in [2.75, 3.05) is 31.6 Å². The van der Waals surface area contributed by atoms with Gasteiger partial charge in [-0.2, -0.15) is 0 Å². The van der Waals surface area contributed by atoms with E-state index in [1.807, 2.05) is 60.7 Å². The minimum atomic E-state index is -1.26. The molecule has 0 unspecified atom stereocenters. The fourth-order valence-electron chi connectivity index (χ4n) is 2.37. The molecule has 1 aliphatic heterocycles. The number of hydrogen-bond donors (Lipinski definition) is 3. The molecule has 29 heavy (non-hydrogen) atoms. The molecule has 1 fully saturated rings. The molecule has 0 radical (unpaired) electrons. The van der Waals surface area contributed by atoms with Crippen molar-refractivity contribution in [3.63, 3.8) is 0 Å². The molecule has 8 heteroatoms. The van der Waals surface area contributed by atoms with Crippen LogP contribution in [0.25, 0.3) is 0 Å². The van der Waals surface area contributed by atoms with Crippen molar-refractivity contribution in [2.24, 2.45) is 4.99 Å². The van der Waals surface area contributed by atoms with Gasteiger partial charge >= 0.3 is 11.9 Å². The molecule has 0 amide bonds. The third-order valence-electron chi connectivity index (χ3n) is 3.70. The second-order valence-corrected chi connectivity index (χ2v) is 5.87. The number of para-hydroxylation sites is 2. The van der Waals surface area contributed by atoms with Gasteiger partial charge in [0.15, 0.2) is 0 Å². The van der Waals surface area contributed by atoms with Crippen LogP contribution in [0.1, 0.15) is 0 Å². The Balaban J connectivity index is 0.000000321. The number of anilines is 1. The molecule has 0 saturated carbocycles. The van der Waals surface area contributed by atoms with Crippen LogP contribution in [0.5, 0.6) is 0 Å². The Morgan fingerprint density at radius 1 is 0.897 bits per heavy atom. The van der Waals surface area contributed by atoms with E-state index in [-0.39, 0.29) is 0 Å². The summed E-state index contributed by atoms with van der Waals surface area (Å²) in [6, 6.07) is 20.1. The van der Waals surface area contributed by atoms with E-state index >= 15 is 0 Å². The molecule has 3 N–H and O–H groups in total. The first-order valence-electron chi connectivity index (χ1n) is 8.97. The number of ether oxygens (including phenoxy) is 1. The van der Waals surface area contributed by atoms with Crippen LogP contribution < -0.4 is 5.32 Å². The van der Waals surface area contributed by atoms with Crippen molar-refractivity contribution in [2.45, 2.75) is 0 Å². The lowest BCUT2D eigenvalue weighted by Crippen LogP contribution is -2.44. The number of aliphatic imine (C=N–C) groups is 1. The van der Waals surface area contributed by atoms with Gasteiger partial charge in [-0.1, -0.05) is 36.4 Å². The summed E-state index contributed by atoms with van der Waals surface area (Å²) in [6.07, 6.45) is 1.12. The summed E-state index contributed by atoms with van der Waals surface area (Å²) >= 11 is 0. The maximum Gasteiger partial charge on any atom is 0.328 e. The van der Waals surface area contributed by atoms with Gasteiger partial charge < -0.3 is 25.2 Å². The number of nitrogens with one attached hydrogen (secondary N) is 1. The second kappa shape index (κ2) is 11.9. The molecule has 152 valence electrons. The number of morpholine rings is 1. The second-order valence-electron chi connectivity index (χ2n) is 5.87. The van der Waals surface area contributed by atoms with Crippen LogP contribution in [-0.2, 0) is 14.3 Å². The van der Waals surface area contributed by atoms with Gasteiger partial charge in [-0.15, -0.1) is 0 Å². The van der Waals surface area contributed by atoms with E-state index in [4.69, 9.17) is 19.9 Å². The van der Waals surface area contributed by atoms with Crippen molar-refractivity contribution < 1.29 is 24.5 Å². The van der Waals surface area contributed by atoms with Crippen LogP contribution >= 0.6 is 0 Å². The van der Waals surface area contributed by atoms with Crippen LogP contribution in [0.3, 0.4) is 0 Å². The highest BCUT2D eigenvalue weighted by molar-refractivity contribution is 5.95. The number of carbonyl (C=O) groups is 2. The molecule has 1 heterocycles. The van der Waals surface area contributed by atoms with Gasteiger partial charge in [-0.25, -0.2) is 14.6 Å².